The second kappa shape index (κ2) is 6.83. The van der Waals surface area contributed by atoms with Gasteiger partial charge >= 0.3 is 5.97 Å². The van der Waals surface area contributed by atoms with E-state index in [4.69, 9.17) is 0 Å². The molecule has 2 nitrogen and oxygen atoms in total. The highest BCUT2D eigenvalue weighted by atomic mass is 16.5. The van der Waals surface area contributed by atoms with E-state index in [1.807, 2.05) is 0 Å². The minimum atomic E-state index is -0.329. The minimum absolute atomic E-state index is 0.293. The van der Waals surface area contributed by atoms with Crippen molar-refractivity contribution in [2.75, 3.05) is 0 Å². The molecule has 0 amide bonds. The molecule has 0 unspecified atom stereocenters. The lowest BCUT2D eigenvalue weighted by Crippen LogP contribution is -2.10. The summed E-state index contributed by atoms with van der Waals surface area (Å²) >= 11 is 0. The maximum absolute atomic E-state index is 9.75. The van der Waals surface area contributed by atoms with E-state index in [0.29, 0.717) is 5.41 Å². The van der Waals surface area contributed by atoms with Gasteiger partial charge in [-0.1, -0.05) is 57.7 Å². The van der Waals surface area contributed by atoms with Gasteiger partial charge in [-0.3, -0.25) is 4.79 Å². The molecule has 1 rings (SSSR count). The molecule has 0 saturated carbocycles. The second-order valence-electron chi connectivity index (χ2n) is 4.39. The molecule has 0 aliphatic rings. The molecule has 2 heteroatoms. The van der Waals surface area contributed by atoms with E-state index in [1.54, 1.807) is 0 Å². The first-order chi connectivity index (χ1) is 7.38. The van der Waals surface area contributed by atoms with Crippen molar-refractivity contribution < 1.29 is 9.53 Å². The predicted molar refractivity (Wildman–Crippen MR) is 67.1 cm³/mol. The van der Waals surface area contributed by atoms with Crippen molar-refractivity contribution in [2.24, 2.45) is 0 Å². The van der Waals surface area contributed by atoms with Gasteiger partial charge in [0.05, 0.1) is 6.26 Å². The Bertz CT molecular complexity index is 320. The highest BCUT2D eigenvalue weighted by Gasteiger charge is 2.11. The lowest BCUT2D eigenvalue weighted by Gasteiger charge is -2.18. The number of hydrogen-bond acceptors (Lipinski definition) is 2. The summed E-state index contributed by atoms with van der Waals surface area (Å²) in [7, 11) is 0. The lowest BCUT2D eigenvalue weighted by molar-refractivity contribution is -0.135. The van der Waals surface area contributed by atoms with Gasteiger partial charge in [-0.05, 0) is 11.0 Å². The fraction of sp³-hybridized carbons (Fsp3) is 0.357. The smallest absolute Gasteiger partial charge is 0.307 e. The van der Waals surface area contributed by atoms with E-state index in [0.717, 1.165) is 6.26 Å². The summed E-state index contributed by atoms with van der Waals surface area (Å²) in [5.74, 6) is -0.329. The summed E-state index contributed by atoms with van der Waals surface area (Å²) < 4.78 is 4.17. The fourth-order valence-electron chi connectivity index (χ4n) is 1.06. The average Bonchev–Trinajstić information content (AvgIpc) is 2.18. The Morgan fingerprint density at radius 1 is 1.25 bits per heavy atom. The highest BCUT2D eigenvalue weighted by Crippen LogP contribution is 2.20. The molecule has 0 atom stereocenters. The van der Waals surface area contributed by atoms with Crippen molar-refractivity contribution in [3.8, 4) is 0 Å². The summed E-state index contributed by atoms with van der Waals surface area (Å²) in [6, 6.07) is 10.6. The maximum atomic E-state index is 9.75. The molecule has 0 aliphatic heterocycles. The van der Waals surface area contributed by atoms with Crippen LogP contribution in [-0.2, 0) is 14.9 Å². The number of benzene rings is 1. The Kier molecular flexibility index (Phi) is 6.16. The number of ether oxygens (including phenoxy) is 1. The molecule has 0 saturated heterocycles. The van der Waals surface area contributed by atoms with Gasteiger partial charge < -0.3 is 4.74 Å². The normalized spacial score (nSPS) is 9.75. The summed E-state index contributed by atoms with van der Waals surface area (Å²) in [6.07, 6.45) is 1.10. The number of carbonyl (C=O) groups excluding carboxylic acids is 1. The van der Waals surface area contributed by atoms with Crippen LogP contribution in [0, 0.1) is 0 Å². The van der Waals surface area contributed by atoms with E-state index in [2.05, 4.69) is 62.4 Å². The third kappa shape index (κ3) is 6.82. The summed E-state index contributed by atoms with van der Waals surface area (Å²) in [5, 5.41) is 0. The van der Waals surface area contributed by atoms with E-state index in [1.165, 1.54) is 12.5 Å². The molecule has 88 valence electrons. The highest BCUT2D eigenvalue weighted by molar-refractivity contribution is 5.66. The van der Waals surface area contributed by atoms with Gasteiger partial charge in [-0.15, -0.1) is 0 Å². The van der Waals surface area contributed by atoms with Gasteiger partial charge in [0.25, 0.3) is 0 Å². The quantitative estimate of drug-likeness (QED) is 0.533. The summed E-state index contributed by atoms with van der Waals surface area (Å²) in [4.78, 5) is 9.75. The van der Waals surface area contributed by atoms with Crippen LogP contribution < -0.4 is 0 Å². The lowest BCUT2D eigenvalue weighted by atomic mass is 9.87. The van der Waals surface area contributed by atoms with Crippen LogP contribution in [0.2, 0.25) is 0 Å². The molecule has 0 N–H and O–H groups in total. The standard InChI is InChI=1S/C10H14.C4H6O2/c1-10(2,3)9-7-5-4-6-8-9;1-3-6-4(2)5/h4-8H,1-3H3;3H,1H2,2H3. The van der Waals surface area contributed by atoms with Crippen LogP contribution in [0.3, 0.4) is 0 Å². The topological polar surface area (TPSA) is 26.3 Å². The third-order valence-electron chi connectivity index (χ3n) is 1.89. The molecule has 0 bridgehead atoms. The Balaban J connectivity index is 0.000000325. The van der Waals surface area contributed by atoms with Crippen LogP contribution in [0.15, 0.2) is 43.2 Å². The van der Waals surface area contributed by atoms with Gasteiger partial charge in [-0.25, -0.2) is 0 Å². The fourth-order valence-corrected chi connectivity index (χ4v) is 1.06. The van der Waals surface area contributed by atoms with Crippen LogP contribution >= 0.6 is 0 Å². The molecule has 0 spiro atoms. The number of carbonyl (C=O) groups is 1. The zero-order chi connectivity index (χ0) is 12.6. The number of hydrogen-bond donors (Lipinski definition) is 0. The Morgan fingerprint density at radius 2 is 1.75 bits per heavy atom. The van der Waals surface area contributed by atoms with Gasteiger partial charge in [0.2, 0.25) is 0 Å². The largest absolute Gasteiger partial charge is 0.435 e. The Hall–Kier alpha value is -1.57. The average molecular weight is 220 g/mol. The van der Waals surface area contributed by atoms with E-state index in [-0.39, 0.29) is 5.97 Å². The van der Waals surface area contributed by atoms with E-state index < -0.39 is 0 Å². The first-order valence-electron chi connectivity index (χ1n) is 5.21. The Morgan fingerprint density at radius 3 is 1.94 bits per heavy atom. The van der Waals surface area contributed by atoms with Crippen LogP contribution in [0.1, 0.15) is 33.3 Å². The molecule has 0 aromatic heterocycles. The van der Waals surface area contributed by atoms with Crippen LogP contribution in [0.5, 0.6) is 0 Å². The molecule has 0 heterocycles. The zero-order valence-corrected chi connectivity index (χ0v) is 10.5. The van der Waals surface area contributed by atoms with Crippen molar-refractivity contribution in [1.82, 2.24) is 0 Å². The first-order valence-corrected chi connectivity index (χ1v) is 5.21. The molecule has 0 radical (unpaired) electrons. The van der Waals surface area contributed by atoms with Crippen LogP contribution in [-0.4, -0.2) is 5.97 Å². The minimum Gasteiger partial charge on any atom is -0.435 e. The molecule has 0 fully saturated rings. The molecular weight excluding hydrogens is 200 g/mol. The van der Waals surface area contributed by atoms with E-state index >= 15 is 0 Å². The zero-order valence-electron chi connectivity index (χ0n) is 10.5. The SMILES string of the molecule is C=COC(C)=O.CC(C)(C)c1ccccc1. The molecule has 1 aromatic carbocycles. The molecule has 16 heavy (non-hydrogen) atoms. The van der Waals surface area contributed by atoms with Gasteiger partial charge in [-0.2, -0.15) is 0 Å². The van der Waals surface area contributed by atoms with Crippen LogP contribution in [0.25, 0.3) is 0 Å². The van der Waals surface area contributed by atoms with Crippen molar-refractivity contribution in [3.63, 3.8) is 0 Å². The van der Waals surface area contributed by atoms with Crippen molar-refractivity contribution >= 4 is 5.97 Å². The third-order valence-corrected chi connectivity index (χ3v) is 1.89. The Labute approximate surface area is 97.9 Å². The summed E-state index contributed by atoms with van der Waals surface area (Å²) in [5.41, 5.74) is 1.69. The van der Waals surface area contributed by atoms with Gasteiger partial charge in [0, 0.05) is 6.92 Å². The number of rotatable bonds is 1. The van der Waals surface area contributed by atoms with Gasteiger partial charge in [0.15, 0.2) is 0 Å². The molecule has 1 aromatic rings. The monoisotopic (exact) mass is 220 g/mol. The van der Waals surface area contributed by atoms with Crippen LogP contribution in [0.4, 0.5) is 0 Å². The predicted octanol–water partition coefficient (Wildman–Crippen LogP) is 3.68. The second-order valence-corrected chi connectivity index (χ2v) is 4.39. The first kappa shape index (κ1) is 14.4. The molecular formula is C14H20O2. The maximum Gasteiger partial charge on any atom is 0.307 e. The number of esters is 1. The summed E-state index contributed by atoms with van der Waals surface area (Å²) in [6.45, 7) is 11.2. The van der Waals surface area contributed by atoms with Crippen molar-refractivity contribution in [1.29, 1.82) is 0 Å². The van der Waals surface area contributed by atoms with Crippen molar-refractivity contribution in [2.45, 2.75) is 33.1 Å². The van der Waals surface area contributed by atoms with Crippen molar-refractivity contribution in [3.05, 3.63) is 48.7 Å². The van der Waals surface area contributed by atoms with Gasteiger partial charge in [0.1, 0.15) is 0 Å². The molecule has 0 aliphatic carbocycles. The van der Waals surface area contributed by atoms with E-state index in [9.17, 15) is 4.79 Å².